The van der Waals surface area contributed by atoms with Gasteiger partial charge in [0.1, 0.15) is 0 Å². The van der Waals surface area contributed by atoms with Crippen LogP contribution >= 0.6 is 12.2 Å². The van der Waals surface area contributed by atoms with Gasteiger partial charge < -0.3 is 20.3 Å². The highest BCUT2D eigenvalue weighted by Gasteiger charge is 2.12. The lowest BCUT2D eigenvalue weighted by atomic mass is 10.1. The fourth-order valence-corrected chi connectivity index (χ4v) is 2.81. The molecule has 0 aromatic heterocycles. The maximum Gasteiger partial charge on any atom is 0.338 e. The highest BCUT2D eigenvalue weighted by Crippen LogP contribution is 2.19. The Morgan fingerprint density at radius 1 is 1.15 bits per heavy atom. The van der Waals surface area contributed by atoms with E-state index in [4.69, 9.17) is 17.0 Å². The molecule has 2 N–H and O–H groups in total. The minimum Gasteiger partial charge on any atom is -0.465 e. The zero-order valence-electron chi connectivity index (χ0n) is 15.4. The van der Waals surface area contributed by atoms with Gasteiger partial charge in [-0.15, -0.1) is 0 Å². The number of carbonyl (C=O) groups excluding carboxylic acids is 1. The summed E-state index contributed by atoms with van der Waals surface area (Å²) in [4.78, 5) is 14.0. The number of para-hydroxylation sites is 1. The monoisotopic (exact) mass is 371 g/mol. The van der Waals surface area contributed by atoms with Crippen LogP contribution in [0.4, 0.5) is 11.4 Å². The van der Waals surface area contributed by atoms with Crippen LogP contribution in [0.1, 0.15) is 22.3 Å². The van der Waals surface area contributed by atoms with E-state index in [0.717, 1.165) is 30.8 Å². The fourth-order valence-electron chi connectivity index (χ4n) is 2.60. The number of ether oxygens (including phenoxy) is 1. The molecule has 0 aliphatic carbocycles. The molecule has 0 aliphatic heterocycles. The number of nitrogens with one attached hydrogen (secondary N) is 2. The molecule has 6 heteroatoms. The molecule has 0 saturated heterocycles. The van der Waals surface area contributed by atoms with Gasteiger partial charge in [0.05, 0.1) is 12.7 Å². The maximum absolute atomic E-state index is 11.8. The Bertz CT molecular complexity index is 750. The van der Waals surface area contributed by atoms with Crippen molar-refractivity contribution in [1.29, 1.82) is 0 Å². The number of nitrogens with zero attached hydrogens (tertiary/aromatic N) is 1. The lowest BCUT2D eigenvalue weighted by Gasteiger charge is -2.19. The number of methoxy groups -OCH3 is 1. The Labute approximate surface area is 160 Å². The first-order valence-corrected chi connectivity index (χ1v) is 8.92. The van der Waals surface area contributed by atoms with E-state index in [9.17, 15) is 4.79 Å². The third-order valence-electron chi connectivity index (χ3n) is 4.14. The summed E-state index contributed by atoms with van der Waals surface area (Å²) in [6.07, 6.45) is 0.953. The van der Waals surface area contributed by atoms with Gasteiger partial charge in [-0.05, 0) is 55.4 Å². The molecule has 2 rings (SSSR count). The summed E-state index contributed by atoms with van der Waals surface area (Å²) in [6, 6.07) is 15.7. The summed E-state index contributed by atoms with van der Waals surface area (Å²) in [7, 11) is 3.45. The topological polar surface area (TPSA) is 53.6 Å². The van der Waals surface area contributed by atoms with E-state index >= 15 is 0 Å². The highest BCUT2D eigenvalue weighted by molar-refractivity contribution is 7.80. The maximum atomic E-state index is 11.8. The average molecular weight is 372 g/mol. The van der Waals surface area contributed by atoms with Crippen LogP contribution in [0.5, 0.6) is 0 Å². The van der Waals surface area contributed by atoms with E-state index in [2.05, 4.69) is 34.7 Å². The van der Waals surface area contributed by atoms with E-state index in [1.165, 1.54) is 12.8 Å². The predicted octanol–water partition coefficient (Wildman–Crippen LogP) is 3.59. The van der Waals surface area contributed by atoms with Gasteiger partial charge in [-0.3, -0.25) is 0 Å². The van der Waals surface area contributed by atoms with Crippen molar-refractivity contribution < 1.29 is 9.53 Å². The second-order valence-corrected chi connectivity index (χ2v) is 6.37. The van der Waals surface area contributed by atoms with E-state index < -0.39 is 0 Å². The summed E-state index contributed by atoms with van der Waals surface area (Å²) in [5.74, 6) is -0.353. The Morgan fingerprint density at radius 3 is 2.58 bits per heavy atom. The molecule has 0 unspecified atom stereocenters. The molecule has 2 aromatic rings. The number of benzene rings is 2. The third-order valence-corrected chi connectivity index (χ3v) is 4.39. The molecule has 0 aliphatic rings. The van der Waals surface area contributed by atoms with Crippen LogP contribution in [-0.2, 0) is 4.74 Å². The van der Waals surface area contributed by atoms with Crippen molar-refractivity contribution in [1.82, 2.24) is 5.32 Å². The van der Waals surface area contributed by atoms with Crippen LogP contribution in [-0.4, -0.2) is 38.3 Å². The van der Waals surface area contributed by atoms with Crippen LogP contribution in [0.3, 0.4) is 0 Å². The number of carbonyl (C=O) groups is 1. The van der Waals surface area contributed by atoms with Crippen LogP contribution in [0.15, 0.2) is 48.5 Å². The van der Waals surface area contributed by atoms with Gasteiger partial charge in [0.25, 0.3) is 0 Å². The fraction of sp³-hybridized carbons (Fsp3) is 0.300. The largest absolute Gasteiger partial charge is 0.465 e. The molecule has 138 valence electrons. The Hall–Kier alpha value is -2.60. The van der Waals surface area contributed by atoms with Crippen LogP contribution < -0.4 is 15.5 Å². The van der Waals surface area contributed by atoms with Gasteiger partial charge in [0.2, 0.25) is 0 Å². The molecule has 0 bridgehead atoms. The number of esters is 1. The summed E-state index contributed by atoms with van der Waals surface area (Å²) in [6.45, 7) is 3.56. The summed E-state index contributed by atoms with van der Waals surface area (Å²) in [5, 5.41) is 6.89. The van der Waals surface area contributed by atoms with E-state index in [0.29, 0.717) is 10.7 Å². The molecule has 0 atom stereocenters. The quantitative estimate of drug-likeness (QED) is 0.441. The molecule has 0 amide bonds. The molecule has 0 radical (unpaired) electrons. The lowest BCUT2D eigenvalue weighted by Crippen LogP contribution is -2.31. The van der Waals surface area contributed by atoms with Gasteiger partial charge in [-0.1, -0.05) is 24.3 Å². The summed E-state index contributed by atoms with van der Waals surface area (Å²) >= 11 is 5.35. The molecule has 0 spiro atoms. The first-order chi connectivity index (χ1) is 12.5. The van der Waals surface area contributed by atoms with Crippen molar-refractivity contribution in [2.24, 2.45) is 0 Å². The van der Waals surface area contributed by atoms with E-state index in [1.54, 1.807) is 12.1 Å². The van der Waals surface area contributed by atoms with Crippen molar-refractivity contribution in [2.45, 2.75) is 13.3 Å². The Kier molecular flexibility index (Phi) is 7.41. The molecule has 0 fully saturated rings. The van der Waals surface area contributed by atoms with Gasteiger partial charge >= 0.3 is 5.97 Å². The average Bonchev–Trinajstić information content (AvgIpc) is 2.66. The molecule has 2 aromatic carbocycles. The second kappa shape index (κ2) is 9.77. The van der Waals surface area contributed by atoms with Gasteiger partial charge in [0, 0.05) is 31.5 Å². The van der Waals surface area contributed by atoms with Crippen LogP contribution in [0.25, 0.3) is 0 Å². The number of thiocarbonyl (C=S) groups is 1. The number of hydrogen-bond acceptors (Lipinski definition) is 4. The van der Waals surface area contributed by atoms with Crippen molar-refractivity contribution in [3.63, 3.8) is 0 Å². The van der Waals surface area contributed by atoms with Crippen molar-refractivity contribution in [3.05, 3.63) is 59.7 Å². The van der Waals surface area contributed by atoms with Gasteiger partial charge in [0.15, 0.2) is 5.11 Å². The predicted molar refractivity (Wildman–Crippen MR) is 111 cm³/mol. The minimum absolute atomic E-state index is 0.353. The van der Waals surface area contributed by atoms with Crippen molar-refractivity contribution >= 4 is 34.7 Å². The zero-order valence-corrected chi connectivity index (χ0v) is 16.2. The number of hydrogen-bond donors (Lipinski definition) is 2. The molecule has 0 saturated carbocycles. The smallest absolute Gasteiger partial charge is 0.338 e. The third kappa shape index (κ3) is 5.46. The van der Waals surface area contributed by atoms with Gasteiger partial charge in [-0.2, -0.15) is 0 Å². The zero-order chi connectivity index (χ0) is 18.9. The minimum atomic E-state index is -0.353. The molecular weight excluding hydrogens is 346 g/mol. The number of anilines is 2. The van der Waals surface area contributed by atoms with Gasteiger partial charge in [-0.25, -0.2) is 4.79 Å². The van der Waals surface area contributed by atoms with Crippen molar-refractivity contribution in [3.8, 4) is 0 Å². The standard InChI is InChI=1S/C20H25N3O2S/c1-15-17(19(24)25-3)11-7-12-18(15)22-20(26)21-13-8-14-23(2)16-9-5-4-6-10-16/h4-7,9-12H,8,13-14H2,1-3H3,(H2,21,22,26). The van der Waals surface area contributed by atoms with Crippen molar-refractivity contribution in [2.75, 3.05) is 37.5 Å². The van der Waals surface area contributed by atoms with Crippen LogP contribution in [0.2, 0.25) is 0 Å². The summed E-state index contributed by atoms with van der Waals surface area (Å²) in [5.41, 5.74) is 3.34. The first kappa shape index (κ1) is 19.7. The number of rotatable bonds is 7. The van der Waals surface area contributed by atoms with E-state index in [1.807, 2.05) is 31.2 Å². The molecule has 5 nitrogen and oxygen atoms in total. The molecule has 26 heavy (non-hydrogen) atoms. The second-order valence-electron chi connectivity index (χ2n) is 5.96. The summed E-state index contributed by atoms with van der Waals surface area (Å²) < 4.78 is 4.80. The SMILES string of the molecule is COC(=O)c1cccc(NC(=S)NCCCN(C)c2ccccc2)c1C. The highest BCUT2D eigenvalue weighted by atomic mass is 32.1. The normalized spacial score (nSPS) is 10.1. The molecular formula is C20H25N3O2S. The molecule has 0 heterocycles. The Morgan fingerprint density at radius 2 is 1.88 bits per heavy atom. The Balaban J connectivity index is 1.80. The first-order valence-electron chi connectivity index (χ1n) is 8.52. The van der Waals surface area contributed by atoms with Crippen LogP contribution in [0, 0.1) is 6.92 Å². The lowest BCUT2D eigenvalue weighted by molar-refractivity contribution is 0.0600. The van der Waals surface area contributed by atoms with E-state index in [-0.39, 0.29) is 5.97 Å².